The van der Waals surface area contributed by atoms with E-state index in [1.165, 1.54) is 17.6 Å². The Morgan fingerprint density at radius 1 is 1.17 bits per heavy atom. The van der Waals surface area contributed by atoms with E-state index in [0.717, 1.165) is 0 Å². The third kappa shape index (κ3) is 4.52. The van der Waals surface area contributed by atoms with Crippen molar-refractivity contribution in [3.05, 3.63) is 30.5 Å². The van der Waals surface area contributed by atoms with Crippen molar-refractivity contribution in [2.45, 2.75) is 50.7 Å². The number of amides is 1. The second kappa shape index (κ2) is 8.39. The first kappa shape index (κ1) is 22.3. The molecule has 164 valence electrons. The average Bonchev–Trinajstić information content (AvgIpc) is 2.87. The van der Waals surface area contributed by atoms with Crippen LogP contribution in [0.3, 0.4) is 0 Å². The lowest BCUT2D eigenvalue weighted by Gasteiger charge is -2.30. The molecule has 1 amide bonds. The fourth-order valence-electron chi connectivity index (χ4n) is 3.65. The van der Waals surface area contributed by atoms with Gasteiger partial charge in [-0.05, 0) is 52.3 Å². The molecule has 0 unspecified atom stereocenters. The number of sulfonamides is 1. The van der Waals surface area contributed by atoms with Gasteiger partial charge < -0.3 is 14.4 Å². The molecule has 8 nitrogen and oxygen atoms in total. The van der Waals surface area contributed by atoms with Gasteiger partial charge in [0.2, 0.25) is 15.9 Å². The van der Waals surface area contributed by atoms with Crippen LogP contribution >= 0.6 is 0 Å². The second-order valence-corrected chi connectivity index (χ2v) is 10.3. The summed E-state index contributed by atoms with van der Waals surface area (Å²) in [5, 5.41) is 1.20. The van der Waals surface area contributed by atoms with Gasteiger partial charge in [0.05, 0.1) is 12.0 Å². The van der Waals surface area contributed by atoms with Crippen LogP contribution in [-0.2, 0) is 14.8 Å². The molecule has 1 saturated heterocycles. The number of ether oxygens (including phenoxy) is 2. The van der Waals surface area contributed by atoms with Crippen LogP contribution in [0.4, 0.5) is 4.79 Å². The maximum Gasteiger partial charge on any atom is 0.410 e. The second-order valence-electron chi connectivity index (χ2n) is 8.42. The van der Waals surface area contributed by atoms with Gasteiger partial charge in [-0.3, -0.25) is 0 Å². The fourth-order valence-corrected chi connectivity index (χ4v) is 5.52. The van der Waals surface area contributed by atoms with Gasteiger partial charge in [0, 0.05) is 42.6 Å². The van der Waals surface area contributed by atoms with E-state index in [0.29, 0.717) is 36.2 Å². The number of carbonyl (C=O) groups excluding carboxylic acids is 1. The van der Waals surface area contributed by atoms with E-state index in [4.69, 9.17) is 9.47 Å². The SMILES string of the molecule is COc1nccc2c(S(=O)(=O)N3CCCN(C(=O)OC(C)(C)C)C[C@H]3C)cccc12. The highest BCUT2D eigenvalue weighted by Gasteiger charge is 2.35. The predicted octanol–water partition coefficient (Wildman–Crippen LogP) is 3.26. The summed E-state index contributed by atoms with van der Waals surface area (Å²) in [6.45, 7) is 8.28. The summed E-state index contributed by atoms with van der Waals surface area (Å²) >= 11 is 0. The number of nitrogens with zero attached hydrogens (tertiary/aromatic N) is 3. The Kier molecular flexibility index (Phi) is 6.24. The Balaban J connectivity index is 1.92. The lowest BCUT2D eigenvalue weighted by molar-refractivity contribution is 0.0244. The maximum atomic E-state index is 13.6. The van der Waals surface area contributed by atoms with Crippen LogP contribution in [0.1, 0.15) is 34.1 Å². The summed E-state index contributed by atoms with van der Waals surface area (Å²) in [5.41, 5.74) is -0.603. The minimum Gasteiger partial charge on any atom is -0.481 e. The van der Waals surface area contributed by atoms with Crippen LogP contribution in [0.25, 0.3) is 10.8 Å². The number of carbonyl (C=O) groups is 1. The normalized spacial score (nSPS) is 18.8. The summed E-state index contributed by atoms with van der Waals surface area (Å²) in [4.78, 5) is 18.5. The molecular formula is C21H29N3O5S. The van der Waals surface area contributed by atoms with E-state index >= 15 is 0 Å². The molecule has 0 bridgehead atoms. The molecule has 9 heteroatoms. The zero-order valence-corrected chi connectivity index (χ0v) is 18.9. The zero-order chi connectivity index (χ0) is 22.1. The van der Waals surface area contributed by atoms with E-state index in [1.807, 2.05) is 27.7 Å². The van der Waals surface area contributed by atoms with E-state index in [1.54, 1.807) is 29.2 Å². The molecule has 1 fully saturated rings. The smallest absolute Gasteiger partial charge is 0.410 e. The minimum absolute atomic E-state index is 0.207. The Hall–Kier alpha value is -2.39. The molecule has 0 aliphatic carbocycles. The third-order valence-electron chi connectivity index (χ3n) is 4.94. The van der Waals surface area contributed by atoms with Crippen molar-refractivity contribution in [2.24, 2.45) is 0 Å². The average molecular weight is 436 g/mol. The van der Waals surface area contributed by atoms with Crippen molar-refractivity contribution in [1.29, 1.82) is 0 Å². The van der Waals surface area contributed by atoms with E-state index in [-0.39, 0.29) is 11.4 Å². The summed E-state index contributed by atoms with van der Waals surface area (Å²) < 4.78 is 39.4. The summed E-state index contributed by atoms with van der Waals surface area (Å²) in [5.74, 6) is 0.379. The monoisotopic (exact) mass is 435 g/mol. The van der Waals surface area contributed by atoms with Crippen LogP contribution in [0, 0.1) is 0 Å². The summed E-state index contributed by atoms with van der Waals surface area (Å²) in [7, 11) is -2.29. The Labute approximate surface area is 177 Å². The first-order valence-corrected chi connectivity index (χ1v) is 11.4. The van der Waals surface area contributed by atoms with E-state index in [9.17, 15) is 13.2 Å². The highest BCUT2D eigenvalue weighted by Crippen LogP contribution is 2.31. The number of methoxy groups -OCH3 is 1. The van der Waals surface area contributed by atoms with Gasteiger partial charge in [-0.2, -0.15) is 4.31 Å². The fraction of sp³-hybridized carbons (Fsp3) is 0.524. The molecule has 0 spiro atoms. The standard InChI is InChI=1S/C21H29N3O5S/c1-15-14-23(20(25)29-21(2,3)4)12-7-13-24(15)30(26,27)18-9-6-8-17-16(18)10-11-22-19(17)28-5/h6,8-11,15H,7,12-14H2,1-5H3/t15-/m1/s1. The lowest BCUT2D eigenvalue weighted by atomic mass is 10.2. The summed E-state index contributed by atoms with van der Waals surface area (Å²) in [6, 6.07) is 6.36. The van der Waals surface area contributed by atoms with Gasteiger partial charge in [-0.25, -0.2) is 18.2 Å². The van der Waals surface area contributed by atoms with Gasteiger partial charge in [0.1, 0.15) is 5.60 Å². The molecule has 1 aliphatic heterocycles. The number of fused-ring (bicyclic) bond motifs is 1. The highest BCUT2D eigenvalue weighted by atomic mass is 32.2. The third-order valence-corrected chi connectivity index (χ3v) is 7.02. The van der Waals surface area contributed by atoms with Crippen molar-refractivity contribution >= 4 is 26.9 Å². The van der Waals surface area contributed by atoms with Crippen molar-refractivity contribution in [3.8, 4) is 5.88 Å². The van der Waals surface area contributed by atoms with Crippen molar-refractivity contribution < 1.29 is 22.7 Å². The number of rotatable bonds is 3. The molecular weight excluding hydrogens is 406 g/mol. The van der Waals surface area contributed by atoms with Crippen LogP contribution in [0.5, 0.6) is 5.88 Å². The highest BCUT2D eigenvalue weighted by molar-refractivity contribution is 7.89. The van der Waals surface area contributed by atoms with E-state index < -0.39 is 27.8 Å². The van der Waals surface area contributed by atoms with Crippen LogP contribution in [0.2, 0.25) is 0 Å². The van der Waals surface area contributed by atoms with Crippen LogP contribution < -0.4 is 4.74 Å². The lowest BCUT2D eigenvalue weighted by Crippen LogP contribution is -2.45. The number of pyridine rings is 1. The first-order valence-electron chi connectivity index (χ1n) is 9.96. The largest absolute Gasteiger partial charge is 0.481 e. The maximum absolute atomic E-state index is 13.6. The number of hydrogen-bond donors (Lipinski definition) is 0. The number of aromatic nitrogens is 1. The number of benzene rings is 1. The molecule has 2 heterocycles. The van der Waals surface area contributed by atoms with Crippen LogP contribution in [-0.4, -0.2) is 67.1 Å². The molecule has 0 saturated carbocycles. The van der Waals surface area contributed by atoms with Crippen LogP contribution in [0.15, 0.2) is 35.4 Å². The Bertz CT molecular complexity index is 1030. The molecule has 1 atom stereocenters. The van der Waals surface area contributed by atoms with Gasteiger partial charge in [0.25, 0.3) is 0 Å². The molecule has 0 radical (unpaired) electrons. The van der Waals surface area contributed by atoms with Gasteiger partial charge in [-0.15, -0.1) is 0 Å². The van der Waals surface area contributed by atoms with Crippen molar-refractivity contribution in [2.75, 3.05) is 26.7 Å². The molecule has 0 N–H and O–H groups in total. The number of hydrogen-bond acceptors (Lipinski definition) is 6. The molecule has 1 aromatic carbocycles. The molecule has 1 aliphatic rings. The molecule has 30 heavy (non-hydrogen) atoms. The van der Waals surface area contributed by atoms with Gasteiger partial charge in [-0.1, -0.05) is 6.07 Å². The van der Waals surface area contributed by atoms with Crippen molar-refractivity contribution in [1.82, 2.24) is 14.2 Å². The molecule has 2 aromatic rings. The van der Waals surface area contributed by atoms with Gasteiger partial charge in [0.15, 0.2) is 0 Å². The Morgan fingerprint density at radius 2 is 1.90 bits per heavy atom. The van der Waals surface area contributed by atoms with Gasteiger partial charge >= 0.3 is 6.09 Å². The summed E-state index contributed by atoms with van der Waals surface area (Å²) in [6.07, 6.45) is 1.64. The molecule has 3 rings (SSSR count). The quantitative estimate of drug-likeness (QED) is 0.735. The van der Waals surface area contributed by atoms with E-state index in [2.05, 4.69) is 4.98 Å². The zero-order valence-electron chi connectivity index (χ0n) is 18.1. The first-order chi connectivity index (χ1) is 14.0. The minimum atomic E-state index is -3.80. The predicted molar refractivity (Wildman–Crippen MR) is 114 cm³/mol. The molecule has 1 aromatic heterocycles. The van der Waals surface area contributed by atoms with Crippen molar-refractivity contribution in [3.63, 3.8) is 0 Å². The Morgan fingerprint density at radius 3 is 2.57 bits per heavy atom. The topological polar surface area (TPSA) is 89.0 Å².